The molecule has 0 atom stereocenters. The van der Waals surface area contributed by atoms with E-state index in [1.54, 1.807) is 23.0 Å². The zero-order valence-corrected chi connectivity index (χ0v) is 16.1. The second kappa shape index (κ2) is 8.36. The first-order chi connectivity index (χ1) is 14.6. The third-order valence-corrected chi connectivity index (χ3v) is 4.58. The van der Waals surface area contributed by atoms with Gasteiger partial charge in [-0.1, -0.05) is 47.7 Å². The maximum Gasteiger partial charge on any atom is 0.269 e. The average Bonchev–Trinajstić information content (AvgIpc) is 3.28. The van der Waals surface area contributed by atoms with E-state index in [0.717, 1.165) is 28.2 Å². The number of hydrogen-bond donors (Lipinski definition) is 1. The van der Waals surface area contributed by atoms with Crippen LogP contribution < -0.4 is 5.43 Å². The molecule has 8 nitrogen and oxygen atoms in total. The summed E-state index contributed by atoms with van der Waals surface area (Å²) in [6, 6.07) is 23.9. The van der Waals surface area contributed by atoms with Crippen molar-refractivity contribution >= 4 is 17.1 Å². The number of hydrogen-bond acceptors (Lipinski definition) is 6. The molecule has 0 aliphatic heterocycles. The summed E-state index contributed by atoms with van der Waals surface area (Å²) < 4.78 is 1.79. The molecule has 0 saturated carbocycles. The minimum atomic E-state index is -0.432. The SMILES string of the molecule is C/C(=N/Nc1ccc([N+](=O)[O-])cc1)c1ccc(-n2nncc2-c2ccccc2)cc1. The topological polar surface area (TPSA) is 98.2 Å². The number of nitrogens with one attached hydrogen (secondary N) is 1. The average molecular weight is 398 g/mol. The Labute approximate surface area is 172 Å². The standard InChI is InChI=1S/C22H18N6O2/c1-16(24-25-19-9-13-21(14-10-19)28(29)30)17-7-11-20(12-8-17)27-22(15-23-26-27)18-5-3-2-4-6-18/h2-15,25H,1H3/b24-16-. The Hall–Kier alpha value is -4.33. The lowest BCUT2D eigenvalue weighted by atomic mass is 10.1. The van der Waals surface area contributed by atoms with Crippen LogP contribution in [0.15, 0.2) is 90.2 Å². The highest BCUT2D eigenvalue weighted by Gasteiger charge is 2.09. The van der Waals surface area contributed by atoms with Crippen molar-refractivity contribution in [3.05, 3.63) is 101 Å². The molecular weight excluding hydrogens is 380 g/mol. The molecule has 0 unspecified atom stereocenters. The lowest BCUT2D eigenvalue weighted by Gasteiger charge is -2.08. The molecule has 30 heavy (non-hydrogen) atoms. The molecule has 1 N–H and O–H groups in total. The Kier molecular flexibility index (Phi) is 5.29. The molecule has 4 aromatic rings. The van der Waals surface area contributed by atoms with Gasteiger partial charge >= 0.3 is 0 Å². The number of aromatic nitrogens is 3. The molecule has 0 bridgehead atoms. The molecule has 0 spiro atoms. The first kappa shape index (κ1) is 19.0. The second-order valence-corrected chi connectivity index (χ2v) is 6.56. The van der Waals surface area contributed by atoms with Gasteiger partial charge in [0.2, 0.25) is 0 Å². The van der Waals surface area contributed by atoms with E-state index in [9.17, 15) is 10.1 Å². The molecule has 0 saturated heterocycles. The molecule has 1 aromatic heterocycles. The molecule has 0 fully saturated rings. The van der Waals surface area contributed by atoms with Gasteiger partial charge in [0.1, 0.15) is 0 Å². The minimum absolute atomic E-state index is 0.0415. The highest BCUT2D eigenvalue weighted by molar-refractivity contribution is 5.99. The van der Waals surface area contributed by atoms with E-state index >= 15 is 0 Å². The van der Waals surface area contributed by atoms with Gasteiger partial charge in [-0.25, -0.2) is 4.68 Å². The Bertz CT molecular complexity index is 1180. The lowest BCUT2D eigenvalue weighted by Crippen LogP contribution is -2.02. The maximum absolute atomic E-state index is 10.7. The van der Waals surface area contributed by atoms with Crippen LogP contribution in [0.4, 0.5) is 11.4 Å². The summed E-state index contributed by atoms with van der Waals surface area (Å²) in [6.45, 7) is 1.89. The zero-order valence-electron chi connectivity index (χ0n) is 16.1. The predicted molar refractivity (Wildman–Crippen MR) is 116 cm³/mol. The molecule has 0 amide bonds. The minimum Gasteiger partial charge on any atom is -0.278 e. The van der Waals surface area contributed by atoms with E-state index in [4.69, 9.17) is 0 Å². The molecule has 0 radical (unpaired) electrons. The number of nitro benzene ring substituents is 1. The van der Waals surface area contributed by atoms with Crippen LogP contribution in [0.2, 0.25) is 0 Å². The summed E-state index contributed by atoms with van der Waals surface area (Å²) in [5.41, 5.74) is 8.20. The van der Waals surface area contributed by atoms with Gasteiger partial charge in [0.15, 0.2) is 0 Å². The Morgan fingerprint density at radius 2 is 1.70 bits per heavy atom. The monoisotopic (exact) mass is 398 g/mol. The summed E-state index contributed by atoms with van der Waals surface area (Å²) >= 11 is 0. The van der Waals surface area contributed by atoms with Crippen LogP contribution in [-0.4, -0.2) is 25.6 Å². The van der Waals surface area contributed by atoms with Gasteiger partial charge in [0.05, 0.1) is 33.9 Å². The molecule has 4 rings (SSSR count). The fourth-order valence-corrected chi connectivity index (χ4v) is 2.95. The number of hydrazone groups is 1. The van der Waals surface area contributed by atoms with Gasteiger partial charge in [0.25, 0.3) is 5.69 Å². The van der Waals surface area contributed by atoms with Crippen molar-refractivity contribution in [1.82, 2.24) is 15.0 Å². The Morgan fingerprint density at radius 1 is 1.00 bits per heavy atom. The number of nitro groups is 1. The van der Waals surface area contributed by atoms with E-state index in [-0.39, 0.29) is 5.69 Å². The summed E-state index contributed by atoms with van der Waals surface area (Å²) in [5.74, 6) is 0. The predicted octanol–water partition coefficient (Wildman–Crippen LogP) is 4.68. The Morgan fingerprint density at radius 3 is 2.37 bits per heavy atom. The third kappa shape index (κ3) is 4.07. The normalized spacial score (nSPS) is 11.3. The second-order valence-electron chi connectivity index (χ2n) is 6.56. The summed E-state index contributed by atoms with van der Waals surface area (Å²) in [5, 5.41) is 23.3. The van der Waals surface area contributed by atoms with Gasteiger partial charge in [-0.15, -0.1) is 5.10 Å². The van der Waals surface area contributed by atoms with Crippen molar-refractivity contribution in [2.45, 2.75) is 6.92 Å². The summed E-state index contributed by atoms with van der Waals surface area (Å²) in [4.78, 5) is 10.3. The van der Waals surface area contributed by atoms with Crippen molar-refractivity contribution in [2.75, 3.05) is 5.43 Å². The van der Waals surface area contributed by atoms with Crippen molar-refractivity contribution in [3.8, 4) is 16.9 Å². The highest BCUT2D eigenvalue weighted by Crippen LogP contribution is 2.21. The molecule has 1 heterocycles. The van der Waals surface area contributed by atoms with Gasteiger partial charge < -0.3 is 0 Å². The quantitative estimate of drug-likeness (QED) is 0.289. The zero-order chi connectivity index (χ0) is 20.9. The van der Waals surface area contributed by atoms with Crippen molar-refractivity contribution in [1.29, 1.82) is 0 Å². The van der Waals surface area contributed by atoms with Crippen LogP contribution in [0.3, 0.4) is 0 Å². The largest absolute Gasteiger partial charge is 0.278 e. The van der Waals surface area contributed by atoms with Gasteiger partial charge in [-0.2, -0.15) is 5.10 Å². The van der Waals surface area contributed by atoms with Gasteiger partial charge in [-0.3, -0.25) is 15.5 Å². The highest BCUT2D eigenvalue weighted by atomic mass is 16.6. The molecule has 148 valence electrons. The van der Waals surface area contributed by atoms with E-state index < -0.39 is 4.92 Å². The fourth-order valence-electron chi connectivity index (χ4n) is 2.95. The van der Waals surface area contributed by atoms with Crippen molar-refractivity contribution in [3.63, 3.8) is 0 Å². The Balaban J connectivity index is 1.50. The van der Waals surface area contributed by atoms with E-state index in [0.29, 0.717) is 5.69 Å². The van der Waals surface area contributed by atoms with Crippen LogP contribution in [0.1, 0.15) is 12.5 Å². The molecule has 3 aromatic carbocycles. The van der Waals surface area contributed by atoms with Crippen LogP contribution in [0, 0.1) is 10.1 Å². The number of nitrogens with zero attached hydrogens (tertiary/aromatic N) is 5. The van der Waals surface area contributed by atoms with Crippen LogP contribution in [0.25, 0.3) is 16.9 Å². The smallest absolute Gasteiger partial charge is 0.269 e. The van der Waals surface area contributed by atoms with Crippen LogP contribution in [-0.2, 0) is 0 Å². The van der Waals surface area contributed by atoms with Gasteiger partial charge in [0, 0.05) is 17.7 Å². The first-order valence-corrected chi connectivity index (χ1v) is 9.23. The number of rotatable bonds is 6. The molecule has 0 aliphatic carbocycles. The van der Waals surface area contributed by atoms with Crippen molar-refractivity contribution < 1.29 is 4.92 Å². The fraction of sp³-hybridized carbons (Fsp3) is 0.0455. The van der Waals surface area contributed by atoms with Crippen LogP contribution >= 0.6 is 0 Å². The summed E-state index contributed by atoms with van der Waals surface area (Å²) in [7, 11) is 0. The van der Waals surface area contributed by atoms with Crippen molar-refractivity contribution in [2.24, 2.45) is 5.10 Å². The first-order valence-electron chi connectivity index (χ1n) is 9.23. The van der Waals surface area contributed by atoms with Gasteiger partial charge in [-0.05, 0) is 36.8 Å². The van der Waals surface area contributed by atoms with E-state index in [1.165, 1.54) is 12.1 Å². The molecule has 0 aliphatic rings. The van der Waals surface area contributed by atoms with E-state index in [2.05, 4.69) is 20.8 Å². The summed E-state index contributed by atoms with van der Waals surface area (Å²) in [6.07, 6.45) is 1.74. The molecule has 8 heteroatoms. The molecular formula is C22H18N6O2. The number of benzene rings is 3. The third-order valence-electron chi connectivity index (χ3n) is 4.58. The maximum atomic E-state index is 10.7. The van der Waals surface area contributed by atoms with E-state index in [1.807, 2.05) is 61.5 Å². The lowest BCUT2D eigenvalue weighted by molar-refractivity contribution is -0.384. The number of non-ortho nitro benzene ring substituents is 1. The van der Waals surface area contributed by atoms with Crippen LogP contribution in [0.5, 0.6) is 0 Å². The number of anilines is 1.